The fourth-order valence-electron chi connectivity index (χ4n) is 0.932. The molecule has 0 radical (unpaired) electrons. The van der Waals surface area contributed by atoms with Crippen LogP contribution in [0.25, 0.3) is 0 Å². The first-order valence-corrected chi connectivity index (χ1v) is 4.94. The van der Waals surface area contributed by atoms with Crippen LogP contribution in [0.15, 0.2) is 37.0 Å². The van der Waals surface area contributed by atoms with E-state index in [1.807, 2.05) is 13.0 Å². The Bertz CT molecular complexity index is 194. The molecule has 0 fully saturated rings. The highest BCUT2D eigenvalue weighted by Gasteiger charge is 1.99. The van der Waals surface area contributed by atoms with Gasteiger partial charge in [-0.2, -0.15) is 0 Å². The van der Waals surface area contributed by atoms with Crippen molar-refractivity contribution in [1.29, 1.82) is 0 Å². The number of hydrogen-bond acceptors (Lipinski definition) is 2. The van der Waals surface area contributed by atoms with Crippen molar-refractivity contribution in [3.63, 3.8) is 0 Å². The van der Waals surface area contributed by atoms with E-state index in [1.165, 1.54) is 0 Å². The van der Waals surface area contributed by atoms with Gasteiger partial charge in [0, 0.05) is 0 Å². The van der Waals surface area contributed by atoms with Crippen molar-refractivity contribution in [3.8, 4) is 0 Å². The molecule has 0 saturated carbocycles. The van der Waals surface area contributed by atoms with Crippen LogP contribution in [0.1, 0.15) is 19.8 Å². The molecule has 0 aliphatic carbocycles. The van der Waals surface area contributed by atoms with Crippen LogP contribution in [0, 0.1) is 0 Å². The zero-order valence-electron chi connectivity index (χ0n) is 8.91. The molecule has 0 bridgehead atoms. The van der Waals surface area contributed by atoms with Gasteiger partial charge in [-0.15, -0.1) is 0 Å². The summed E-state index contributed by atoms with van der Waals surface area (Å²) in [4.78, 5) is 0. The summed E-state index contributed by atoms with van der Waals surface area (Å²) < 4.78 is 5.29. The van der Waals surface area contributed by atoms with Crippen LogP contribution >= 0.6 is 0 Å². The van der Waals surface area contributed by atoms with E-state index in [-0.39, 0.29) is 6.10 Å². The zero-order valence-corrected chi connectivity index (χ0v) is 8.91. The summed E-state index contributed by atoms with van der Waals surface area (Å²) in [6.07, 6.45) is 6.64. The normalized spacial score (nSPS) is 13.7. The van der Waals surface area contributed by atoms with Gasteiger partial charge >= 0.3 is 0 Å². The molecule has 0 heterocycles. The topological polar surface area (TPSA) is 29.5 Å². The smallest absolute Gasteiger partial charge is 0.0771 e. The molecular formula is C12H20O2. The van der Waals surface area contributed by atoms with E-state index in [0.29, 0.717) is 13.2 Å². The number of allylic oxidation sites excluding steroid dienone is 3. The Morgan fingerprint density at radius 2 is 2.21 bits per heavy atom. The van der Waals surface area contributed by atoms with Crippen molar-refractivity contribution in [3.05, 3.63) is 37.0 Å². The molecule has 0 aromatic heterocycles. The summed E-state index contributed by atoms with van der Waals surface area (Å²) in [6.45, 7) is 10.3. The van der Waals surface area contributed by atoms with Gasteiger partial charge in [-0.05, 0) is 18.4 Å². The predicted octanol–water partition coefficient (Wildman–Crippen LogP) is 2.46. The van der Waals surface area contributed by atoms with Gasteiger partial charge in [-0.25, -0.2) is 0 Å². The maximum atomic E-state index is 9.21. The monoisotopic (exact) mass is 196 g/mol. The SMILES string of the molecule is C=C/C=C(\C=C)CCOCC(O)CC. The molecule has 0 aliphatic rings. The second-order valence-electron chi connectivity index (χ2n) is 3.07. The Labute approximate surface area is 86.6 Å². The van der Waals surface area contributed by atoms with E-state index in [4.69, 9.17) is 4.74 Å². The lowest BCUT2D eigenvalue weighted by molar-refractivity contribution is 0.0365. The second-order valence-corrected chi connectivity index (χ2v) is 3.07. The van der Waals surface area contributed by atoms with E-state index in [1.54, 1.807) is 12.2 Å². The van der Waals surface area contributed by atoms with E-state index in [2.05, 4.69) is 13.2 Å². The Balaban J connectivity index is 3.57. The first-order valence-electron chi connectivity index (χ1n) is 4.94. The van der Waals surface area contributed by atoms with Crippen molar-refractivity contribution in [2.75, 3.05) is 13.2 Å². The quantitative estimate of drug-likeness (QED) is 0.477. The molecule has 1 unspecified atom stereocenters. The van der Waals surface area contributed by atoms with Gasteiger partial charge in [0.1, 0.15) is 0 Å². The van der Waals surface area contributed by atoms with Crippen LogP contribution in [0.3, 0.4) is 0 Å². The van der Waals surface area contributed by atoms with E-state index in [9.17, 15) is 5.11 Å². The van der Waals surface area contributed by atoms with E-state index >= 15 is 0 Å². The third kappa shape index (κ3) is 6.63. The number of rotatable bonds is 8. The van der Waals surface area contributed by atoms with Gasteiger partial charge in [0.05, 0.1) is 19.3 Å². The van der Waals surface area contributed by atoms with Gasteiger partial charge in [-0.3, -0.25) is 0 Å². The van der Waals surface area contributed by atoms with Crippen LogP contribution in [0.2, 0.25) is 0 Å². The molecule has 0 rings (SSSR count). The third-order valence-electron chi connectivity index (χ3n) is 1.91. The predicted molar refractivity (Wildman–Crippen MR) is 60.2 cm³/mol. The van der Waals surface area contributed by atoms with Gasteiger partial charge < -0.3 is 9.84 Å². The molecule has 80 valence electrons. The van der Waals surface area contributed by atoms with Crippen LogP contribution in [-0.2, 0) is 4.74 Å². The van der Waals surface area contributed by atoms with Crippen molar-refractivity contribution in [2.24, 2.45) is 0 Å². The number of hydrogen-bond donors (Lipinski definition) is 1. The lowest BCUT2D eigenvalue weighted by Crippen LogP contribution is -2.14. The summed E-state index contributed by atoms with van der Waals surface area (Å²) in [5.41, 5.74) is 1.10. The fourth-order valence-corrected chi connectivity index (χ4v) is 0.932. The van der Waals surface area contributed by atoms with Crippen molar-refractivity contribution in [2.45, 2.75) is 25.9 Å². The zero-order chi connectivity index (χ0) is 10.8. The molecular weight excluding hydrogens is 176 g/mol. The molecule has 1 atom stereocenters. The molecule has 0 aromatic carbocycles. The lowest BCUT2D eigenvalue weighted by Gasteiger charge is -2.08. The summed E-state index contributed by atoms with van der Waals surface area (Å²) in [5, 5.41) is 9.21. The van der Waals surface area contributed by atoms with Crippen LogP contribution in [0.5, 0.6) is 0 Å². The van der Waals surface area contributed by atoms with Crippen LogP contribution in [-0.4, -0.2) is 24.4 Å². The van der Waals surface area contributed by atoms with Crippen molar-refractivity contribution >= 4 is 0 Å². The van der Waals surface area contributed by atoms with Crippen molar-refractivity contribution in [1.82, 2.24) is 0 Å². The van der Waals surface area contributed by atoms with Gasteiger partial charge in [-0.1, -0.05) is 38.3 Å². The molecule has 0 saturated heterocycles. The molecule has 1 N–H and O–H groups in total. The molecule has 0 aliphatic heterocycles. The van der Waals surface area contributed by atoms with E-state index in [0.717, 1.165) is 18.4 Å². The highest BCUT2D eigenvalue weighted by atomic mass is 16.5. The summed E-state index contributed by atoms with van der Waals surface area (Å²) in [7, 11) is 0. The second kappa shape index (κ2) is 8.73. The molecule has 14 heavy (non-hydrogen) atoms. The van der Waals surface area contributed by atoms with Crippen molar-refractivity contribution < 1.29 is 9.84 Å². The highest BCUT2D eigenvalue weighted by Crippen LogP contribution is 2.03. The Morgan fingerprint density at radius 3 is 2.71 bits per heavy atom. The van der Waals surface area contributed by atoms with Gasteiger partial charge in [0.25, 0.3) is 0 Å². The molecule has 2 heteroatoms. The average molecular weight is 196 g/mol. The molecule has 2 nitrogen and oxygen atoms in total. The number of aliphatic hydroxyl groups excluding tert-OH is 1. The first kappa shape index (κ1) is 13.1. The van der Waals surface area contributed by atoms with Crippen LogP contribution < -0.4 is 0 Å². The highest BCUT2D eigenvalue weighted by molar-refractivity contribution is 5.20. The largest absolute Gasteiger partial charge is 0.391 e. The minimum Gasteiger partial charge on any atom is -0.391 e. The van der Waals surface area contributed by atoms with Gasteiger partial charge in [0.2, 0.25) is 0 Å². The van der Waals surface area contributed by atoms with Gasteiger partial charge in [0.15, 0.2) is 0 Å². The van der Waals surface area contributed by atoms with Crippen LogP contribution in [0.4, 0.5) is 0 Å². The lowest BCUT2D eigenvalue weighted by atomic mass is 10.2. The first-order chi connectivity index (χ1) is 6.74. The number of aliphatic hydroxyl groups is 1. The maximum Gasteiger partial charge on any atom is 0.0771 e. The minimum absolute atomic E-state index is 0.342. The maximum absolute atomic E-state index is 9.21. The summed E-state index contributed by atoms with van der Waals surface area (Å²) >= 11 is 0. The summed E-state index contributed by atoms with van der Waals surface area (Å²) in [6, 6.07) is 0. The molecule has 0 spiro atoms. The molecule has 0 aromatic rings. The Morgan fingerprint density at radius 1 is 1.50 bits per heavy atom. The summed E-state index contributed by atoms with van der Waals surface area (Å²) in [5.74, 6) is 0. The third-order valence-corrected chi connectivity index (χ3v) is 1.91. The molecule has 0 amide bonds. The average Bonchev–Trinajstić information content (AvgIpc) is 2.22. The standard InChI is InChI=1S/C12H20O2/c1-4-7-11(5-2)8-9-14-10-12(13)6-3/h4-5,7,12-13H,1-2,6,8-10H2,3H3/b11-7+. The number of ether oxygens (including phenoxy) is 1. The van der Waals surface area contributed by atoms with E-state index < -0.39 is 0 Å². The fraction of sp³-hybridized carbons (Fsp3) is 0.500. The Kier molecular flexibility index (Phi) is 8.19. The minimum atomic E-state index is -0.342. The Hall–Kier alpha value is -0.860.